The van der Waals surface area contributed by atoms with Gasteiger partial charge in [0.15, 0.2) is 5.76 Å². The molecule has 0 bridgehead atoms. The highest BCUT2D eigenvalue weighted by Gasteiger charge is 2.28. The molecule has 0 spiro atoms. The summed E-state index contributed by atoms with van der Waals surface area (Å²) in [6.45, 7) is 1.45. The maximum Gasteiger partial charge on any atom is 0.256 e. The monoisotopic (exact) mass is 365 g/mol. The van der Waals surface area contributed by atoms with Gasteiger partial charge in [-0.1, -0.05) is 23.2 Å². The van der Waals surface area contributed by atoms with Crippen LogP contribution in [0.4, 0.5) is 5.88 Å². The first-order valence-electron chi connectivity index (χ1n) is 6.15. The Labute approximate surface area is 137 Å². The number of sulfonamides is 1. The number of anilines is 1. The Morgan fingerprint density at radius 3 is 2.36 bits per heavy atom. The van der Waals surface area contributed by atoms with Crippen molar-refractivity contribution in [2.24, 2.45) is 0 Å². The number of aromatic hydroxyl groups is 2. The summed E-state index contributed by atoms with van der Waals surface area (Å²) < 4.78 is 29.8. The van der Waals surface area contributed by atoms with Crippen LogP contribution in [-0.2, 0) is 10.0 Å². The van der Waals surface area contributed by atoms with E-state index in [9.17, 15) is 18.6 Å². The van der Waals surface area contributed by atoms with E-state index in [4.69, 9.17) is 27.6 Å². The number of rotatable bonds is 4. The third-order valence-electron chi connectivity index (χ3n) is 3.09. The van der Waals surface area contributed by atoms with Gasteiger partial charge in [-0.15, -0.1) is 0 Å². The second kappa shape index (κ2) is 5.91. The van der Waals surface area contributed by atoms with Crippen molar-refractivity contribution in [3.63, 3.8) is 0 Å². The molecule has 0 amide bonds. The fraction of sp³-hybridized carbons (Fsp3) is 0.231. The minimum atomic E-state index is -3.65. The lowest BCUT2D eigenvalue weighted by atomic mass is 10.1. The molecule has 120 valence electrons. The molecule has 22 heavy (non-hydrogen) atoms. The molecule has 0 saturated heterocycles. The van der Waals surface area contributed by atoms with Gasteiger partial charge >= 0.3 is 0 Å². The number of hydrogen-bond acceptors (Lipinski definition) is 5. The minimum absolute atomic E-state index is 0.107. The first-order chi connectivity index (χ1) is 10.2. The predicted molar refractivity (Wildman–Crippen MR) is 85.4 cm³/mol. The van der Waals surface area contributed by atoms with Crippen LogP contribution in [-0.4, -0.2) is 31.4 Å². The van der Waals surface area contributed by atoms with Gasteiger partial charge < -0.3 is 14.6 Å². The van der Waals surface area contributed by atoms with Crippen LogP contribution < -0.4 is 4.31 Å². The van der Waals surface area contributed by atoms with E-state index >= 15 is 0 Å². The first kappa shape index (κ1) is 16.8. The van der Waals surface area contributed by atoms with Crippen LogP contribution in [0, 0.1) is 0 Å². The average Bonchev–Trinajstić information content (AvgIpc) is 2.77. The lowest BCUT2D eigenvalue weighted by Crippen LogP contribution is -2.27. The van der Waals surface area contributed by atoms with Crippen LogP contribution in [0.3, 0.4) is 0 Å². The van der Waals surface area contributed by atoms with E-state index in [2.05, 4.69) is 0 Å². The Kier molecular flexibility index (Phi) is 4.51. The van der Waals surface area contributed by atoms with Crippen molar-refractivity contribution in [1.29, 1.82) is 0 Å². The van der Waals surface area contributed by atoms with Crippen molar-refractivity contribution in [3.05, 3.63) is 28.2 Å². The number of hydrogen-bond donors (Lipinski definition) is 2. The molecule has 1 heterocycles. The number of nitrogens with zero attached hydrogens (tertiary/aromatic N) is 1. The molecule has 2 N–H and O–H groups in total. The molecule has 0 atom stereocenters. The summed E-state index contributed by atoms with van der Waals surface area (Å²) in [5.41, 5.74) is 0.343. The summed E-state index contributed by atoms with van der Waals surface area (Å²) >= 11 is 11.7. The largest absolute Gasteiger partial charge is 0.502 e. The second-order valence-corrected chi connectivity index (χ2v) is 7.53. The van der Waals surface area contributed by atoms with E-state index in [0.717, 1.165) is 4.31 Å². The summed E-state index contributed by atoms with van der Waals surface area (Å²) in [4.78, 5) is 0. The highest BCUT2D eigenvalue weighted by atomic mass is 35.5. The molecular weight excluding hydrogens is 353 g/mol. The molecule has 0 unspecified atom stereocenters. The summed E-state index contributed by atoms with van der Waals surface area (Å²) in [5.74, 6) is -1.91. The first-order valence-corrected chi connectivity index (χ1v) is 8.52. The van der Waals surface area contributed by atoms with Crippen molar-refractivity contribution in [3.8, 4) is 22.8 Å². The second-order valence-electron chi connectivity index (χ2n) is 4.43. The van der Waals surface area contributed by atoms with Crippen LogP contribution in [0.5, 0.6) is 11.5 Å². The molecule has 1 aromatic carbocycles. The number of furan rings is 1. The quantitative estimate of drug-likeness (QED) is 0.865. The zero-order chi connectivity index (χ0) is 16.7. The molecule has 0 aliphatic carbocycles. The van der Waals surface area contributed by atoms with Gasteiger partial charge in [0.2, 0.25) is 21.5 Å². The molecule has 1 aromatic heterocycles. The maximum absolute atomic E-state index is 11.8. The van der Waals surface area contributed by atoms with E-state index in [1.54, 1.807) is 0 Å². The maximum atomic E-state index is 11.8. The van der Waals surface area contributed by atoms with Gasteiger partial charge in [0.05, 0.1) is 15.8 Å². The lowest BCUT2D eigenvalue weighted by Gasteiger charge is -2.14. The third kappa shape index (κ3) is 2.84. The van der Waals surface area contributed by atoms with E-state index < -0.39 is 21.5 Å². The van der Waals surface area contributed by atoms with Crippen LogP contribution >= 0.6 is 23.2 Å². The molecule has 0 radical (unpaired) electrons. The summed E-state index contributed by atoms with van der Waals surface area (Å²) in [6.07, 6.45) is 0. The van der Waals surface area contributed by atoms with Crippen molar-refractivity contribution >= 4 is 39.1 Å². The predicted octanol–water partition coefficient (Wildman–Crippen LogP) is 3.45. The Hall–Kier alpha value is -1.57. The van der Waals surface area contributed by atoms with Crippen LogP contribution in [0.15, 0.2) is 22.6 Å². The Morgan fingerprint density at radius 2 is 1.82 bits per heavy atom. The zero-order valence-electron chi connectivity index (χ0n) is 11.7. The molecule has 2 rings (SSSR count). The van der Waals surface area contributed by atoms with E-state index in [1.165, 1.54) is 32.2 Å². The fourth-order valence-corrected chi connectivity index (χ4v) is 2.83. The van der Waals surface area contributed by atoms with Crippen LogP contribution in [0.1, 0.15) is 6.92 Å². The normalized spacial score (nSPS) is 11.6. The van der Waals surface area contributed by atoms with Gasteiger partial charge in [0.25, 0.3) is 5.88 Å². The smallest absolute Gasteiger partial charge is 0.256 e. The topological polar surface area (TPSA) is 91.0 Å². The van der Waals surface area contributed by atoms with Gasteiger partial charge in [-0.3, -0.25) is 0 Å². The standard InChI is InChI=1S/C13H13Cl2NO5S/c1-3-22(19,20)16(2)13-11(18)10(17)12(21-13)7-4-5-8(14)9(15)6-7/h4-6,17-18H,3H2,1-2H3. The van der Waals surface area contributed by atoms with Crippen molar-refractivity contribution in [2.75, 3.05) is 17.1 Å². The molecule has 0 fully saturated rings. The van der Waals surface area contributed by atoms with Crippen molar-refractivity contribution in [2.45, 2.75) is 6.92 Å². The van der Waals surface area contributed by atoms with E-state index in [0.29, 0.717) is 10.6 Å². The van der Waals surface area contributed by atoms with Gasteiger partial charge in [-0.05, 0) is 25.1 Å². The number of benzene rings is 1. The van der Waals surface area contributed by atoms with Gasteiger partial charge in [-0.2, -0.15) is 0 Å². The van der Waals surface area contributed by atoms with Crippen molar-refractivity contribution < 1.29 is 23.0 Å². The van der Waals surface area contributed by atoms with E-state index in [1.807, 2.05) is 0 Å². The molecule has 6 nitrogen and oxygen atoms in total. The van der Waals surface area contributed by atoms with Gasteiger partial charge in [0.1, 0.15) is 0 Å². The molecule has 2 aromatic rings. The molecular formula is C13H13Cl2NO5S. The summed E-state index contributed by atoms with van der Waals surface area (Å²) in [7, 11) is -2.44. The summed E-state index contributed by atoms with van der Waals surface area (Å²) in [6, 6.07) is 4.44. The minimum Gasteiger partial charge on any atom is -0.502 e. The lowest BCUT2D eigenvalue weighted by molar-refractivity contribution is 0.409. The van der Waals surface area contributed by atoms with E-state index in [-0.39, 0.29) is 22.4 Å². The van der Waals surface area contributed by atoms with Crippen LogP contribution in [0.2, 0.25) is 10.0 Å². The van der Waals surface area contributed by atoms with Crippen molar-refractivity contribution in [1.82, 2.24) is 0 Å². The Balaban J connectivity index is 2.57. The fourth-order valence-electron chi connectivity index (χ4n) is 1.77. The third-order valence-corrected chi connectivity index (χ3v) is 5.56. The molecule has 0 saturated carbocycles. The Bertz CT molecular complexity index is 816. The highest BCUT2D eigenvalue weighted by molar-refractivity contribution is 7.92. The number of halogens is 2. The zero-order valence-corrected chi connectivity index (χ0v) is 14.0. The molecule has 0 aliphatic heterocycles. The highest BCUT2D eigenvalue weighted by Crippen LogP contribution is 2.47. The summed E-state index contributed by atoms with van der Waals surface area (Å²) in [5, 5.41) is 20.4. The van der Waals surface area contributed by atoms with Gasteiger partial charge in [-0.25, -0.2) is 12.7 Å². The SMILES string of the molecule is CCS(=O)(=O)N(C)c1oc(-c2ccc(Cl)c(Cl)c2)c(O)c1O. The molecule has 9 heteroatoms. The molecule has 0 aliphatic rings. The average molecular weight is 366 g/mol. The van der Waals surface area contributed by atoms with Crippen LogP contribution in [0.25, 0.3) is 11.3 Å². The Morgan fingerprint density at radius 1 is 1.18 bits per heavy atom. The van der Waals surface area contributed by atoms with Gasteiger partial charge in [0, 0.05) is 12.6 Å².